The average Bonchev–Trinajstić information content (AvgIpc) is 3.04. The molecule has 3 nitrogen and oxygen atoms in total. The number of aliphatic hydroxyl groups excluding tert-OH is 2. The summed E-state index contributed by atoms with van der Waals surface area (Å²) in [5.74, 6) is 1.91. The summed E-state index contributed by atoms with van der Waals surface area (Å²) in [5, 5.41) is 30.4. The summed E-state index contributed by atoms with van der Waals surface area (Å²) >= 11 is 0. The van der Waals surface area contributed by atoms with Crippen LogP contribution in [0.3, 0.4) is 0 Å². The van der Waals surface area contributed by atoms with Crippen molar-refractivity contribution < 1.29 is 15.3 Å². The van der Waals surface area contributed by atoms with Crippen molar-refractivity contribution in [2.75, 3.05) is 0 Å². The molecule has 3 N–H and O–H groups in total. The van der Waals surface area contributed by atoms with Gasteiger partial charge in [0.15, 0.2) is 0 Å². The Morgan fingerprint density at radius 2 is 1.84 bits per heavy atom. The van der Waals surface area contributed by atoms with E-state index in [4.69, 9.17) is 0 Å². The predicted octanol–water partition coefficient (Wildman–Crippen LogP) is 5.73. The van der Waals surface area contributed by atoms with E-state index in [1.54, 1.807) is 0 Å². The van der Waals surface area contributed by atoms with E-state index in [0.717, 1.165) is 17.6 Å². The van der Waals surface area contributed by atoms with E-state index in [2.05, 4.69) is 51.7 Å². The molecule has 31 heavy (non-hydrogen) atoms. The molecule has 0 spiro atoms. The number of aliphatic hydroxyl groups is 3. The molecule has 0 aromatic carbocycles. The highest BCUT2D eigenvalue weighted by Crippen LogP contribution is 2.59. The van der Waals surface area contributed by atoms with Crippen LogP contribution in [0.5, 0.6) is 0 Å². The monoisotopic (exact) mass is 428 g/mol. The molecule has 0 heterocycles. The Bertz CT molecular complexity index is 753. The van der Waals surface area contributed by atoms with Gasteiger partial charge in [-0.15, -0.1) is 0 Å². The molecule has 0 unspecified atom stereocenters. The van der Waals surface area contributed by atoms with E-state index in [-0.39, 0.29) is 5.92 Å². The smallest absolute Gasteiger partial charge is 0.0811 e. The van der Waals surface area contributed by atoms with Crippen LogP contribution in [0.1, 0.15) is 79.6 Å². The lowest BCUT2D eigenvalue weighted by Crippen LogP contribution is -2.35. The number of fused-ring (bicyclic) bond motifs is 1. The second-order valence-corrected chi connectivity index (χ2v) is 11.4. The maximum atomic E-state index is 10.3. The van der Waals surface area contributed by atoms with Crippen LogP contribution < -0.4 is 0 Å². The van der Waals surface area contributed by atoms with Crippen molar-refractivity contribution >= 4 is 0 Å². The van der Waals surface area contributed by atoms with Gasteiger partial charge in [-0.05, 0) is 86.7 Å². The SMILES string of the molecule is C=C1/C(=C\C=C2/CCC[C@]3(C)[C@@H]([C@H](C)/C=C/[C@@H](C)C(C)(C)O)CC[C@@H]23)C[C@H](O)C[C@H]1O. The summed E-state index contributed by atoms with van der Waals surface area (Å²) in [4.78, 5) is 0. The van der Waals surface area contributed by atoms with E-state index >= 15 is 0 Å². The molecule has 0 amide bonds. The lowest BCUT2D eigenvalue weighted by molar-refractivity contribution is 0.0436. The zero-order valence-corrected chi connectivity index (χ0v) is 20.3. The molecular weight excluding hydrogens is 384 g/mol. The van der Waals surface area contributed by atoms with Crippen LogP contribution in [0.2, 0.25) is 0 Å². The van der Waals surface area contributed by atoms with E-state index < -0.39 is 17.8 Å². The van der Waals surface area contributed by atoms with Crippen LogP contribution in [-0.2, 0) is 0 Å². The minimum absolute atomic E-state index is 0.141. The fourth-order valence-corrected chi connectivity index (χ4v) is 6.32. The van der Waals surface area contributed by atoms with Gasteiger partial charge in [0.25, 0.3) is 0 Å². The maximum Gasteiger partial charge on any atom is 0.0811 e. The van der Waals surface area contributed by atoms with Crippen molar-refractivity contribution in [3.05, 3.63) is 47.6 Å². The highest BCUT2D eigenvalue weighted by atomic mass is 16.3. The van der Waals surface area contributed by atoms with Crippen LogP contribution in [-0.4, -0.2) is 33.1 Å². The average molecular weight is 429 g/mol. The predicted molar refractivity (Wildman–Crippen MR) is 128 cm³/mol. The molecule has 0 aromatic heterocycles. The lowest BCUT2D eigenvalue weighted by atomic mass is 9.61. The summed E-state index contributed by atoms with van der Waals surface area (Å²) < 4.78 is 0. The molecule has 0 saturated heterocycles. The molecule has 0 radical (unpaired) electrons. The third-order valence-corrected chi connectivity index (χ3v) is 8.75. The third kappa shape index (κ3) is 5.26. The Kier molecular flexibility index (Phi) is 7.40. The van der Waals surface area contributed by atoms with Gasteiger partial charge in [-0.25, -0.2) is 0 Å². The van der Waals surface area contributed by atoms with E-state index in [0.29, 0.717) is 36.0 Å². The van der Waals surface area contributed by atoms with Gasteiger partial charge in [0.1, 0.15) is 0 Å². The summed E-state index contributed by atoms with van der Waals surface area (Å²) in [6.07, 6.45) is 15.0. The highest BCUT2D eigenvalue weighted by molar-refractivity contribution is 5.38. The first-order valence-electron chi connectivity index (χ1n) is 12.3. The summed E-state index contributed by atoms with van der Waals surface area (Å²) in [6.45, 7) is 14.7. The van der Waals surface area contributed by atoms with Gasteiger partial charge in [-0.3, -0.25) is 0 Å². The van der Waals surface area contributed by atoms with Crippen LogP contribution in [0.4, 0.5) is 0 Å². The van der Waals surface area contributed by atoms with Crippen molar-refractivity contribution in [2.45, 2.75) is 97.4 Å². The van der Waals surface area contributed by atoms with Crippen molar-refractivity contribution in [2.24, 2.45) is 29.1 Å². The third-order valence-electron chi connectivity index (χ3n) is 8.75. The molecule has 3 rings (SSSR count). The minimum atomic E-state index is -0.684. The van der Waals surface area contributed by atoms with E-state index in [1.165, 1.54) is 31.3 Å². The fourth-order valence-electron chi connectivity index (χ4n) is 6.32. The van der Waals surface area contributed by atoms with Gasteiger partial charge >= 0.3 is 0 Å². The molecule has 0 aromatic rings. The fraction of sp³-hybridized carbons (Fsp3) is 0.714. The van der Waals surface area contributed by atoms with Gasteiger partial charge in [0.05, 0.1) is 17.8 Å². The first-order chi connectivity index (χ1) is 14.4. The van der Waals surface area contributed by atoms with E-state index in [9.17, 15) is 15.3 Å². The van der Waals surface area contributed by atoms with Gasteiger partial charge in [0, 0.05) is 12.3 Å². The molecule has 3 heteroatoms. The first-order valence-corrected chi connectivity index (χ1v) is 12.3. The lowest BCUT2D eigenvalue weighted by Gasteiger charge is -2.44. The van der Waals surface area contributed by atoms with Crippen LogP contribution >= 0.6 is 0 Å². The molecule has 7 atom stereocenters. The second-order valence-electron chi connectivity index (χ2n) is 11.4. The Hall–Kier alpha value is -1.16. The Labute approximate surface area is 189 Å². The van der Waals surface area contributed by atoms with Gasteiger partial charge < -0.3 is 15.3 Å². The van der Waals surface area contributed by atoms with Gasteiger partial charge in [-0.1, -0.05) is 57.2 Å². The van der Waals surface area contributed by atoms with Crippen molar-refractivity contribution in [3.8, 4) is 0 Å². The Morgan fingerprint density at radius 1 is 1.13 bits per heavy atom. The normalized spacial score (nSPS) is 39.3. The standard InChI is InChI=1S/C28H44O3/c1-18(9-10-19(2)27(4,5)31)24-13-14-25-21(8-7-15-28(24,25)6)11-12-22-16-23(29)17-26(30)20(22)3/h9-12,18-19,23-26,29-31H,3,7-8,13-17H2,1-2,4-6H3/b10-9+,21-11+,22-12-/t18-,19-,23+,24-,25+,26-,28-/m1/s1. The van der Waals surface area contributed by atoms with Crippen LogP contribution in [0.15, 0.2) is 47.6 Å². The van der Waals surface area contributed by atoms with E-state index in [1.807, 2.05) is 13.8 Å². The quantitative estimate of drug-likeness (QED) is 0.490. The zero-order chi connectivity index (χ0) is 23.0. The summed E-state index contributed by atoms with van der Waals surface area (Å²) in [7, 11) is 0. The topological polar surface area (TPSA) is 60.7 Å². The molecule has 3 fully saturated rings. The van der Waals surface area contributed by atoms with Crippen molar-refractivity contribution in [1.82, 2.24) is 0 Å². The highest BCUT2D eigenvalue weighted by Gasteiger charge is 2.50. The molecule has 3 saturated carbocycles. The number of rotatable bonds is 5. The molecule has 3 aliphatic rings. The largest absolute Gasteiger partial charge is 0.393 e. The van der Waals surface area contributed by atoms with Crippen molar-refractivity contribution in [3.63, 3.8) is 0 Å². The Morgan fingerprint density at radius 3 is 2.52 bits per heavy atom. The number of hydrogen-bond acceptors (Lipinski definition) is 3. The molecule has 0 aliphatic heterocycles. The summed E-state index contributed by atoms with van der Waals surface area (Å²) in [6, 6.07) is 0. The molecule has 3 aliphatic carbocycles. The molecule has 174 valence electrons. The van der Waals surface area contributed by atoms with Gasteiger partial charge in [-0.2, -0.15) is 0 Å². The molecule has 0 bridgehead atoms. The summed E-state index contributed by atoms with van der Waals surface area (Å²) in [5.41, 5.74) is 2.93. The second kappa shape index (κ2) is 9.37. The zero-order valence-electron chi connectivity index (χ0n) is 20.3. The minimum Gasteiger partial charge on any atom is -0.393 e. The van der Waals surface area contributed by atoms with Gasteiger partial charge in [0.2, 0.25) is 0 Å². The molecular formula is C28H44O3. The van der Waals surface area contributed by atoms with Crippen molar-refractivity contribution in [1.29, 1.82) is 0 Å². The maximum absolute atomic E-state index is 10.3. The van der Waals surface area contributed by atoms with Crippen LogP contribution in [0, 0.1) is 29.1 Å². The Balaban J connectivity index is 1.76. The number of allylic oxidation sites excluding steroid dienone is 4. The number of hydrogen-bond donors (Lipinski definition) is 3. The first kappa shape index (κ1) is 24.5. The van der Waals surface area contributed by atoms with Crippen LogP contribution in [0.25, 0.3) is 0 Å².